The van der Waals surface area contributed by atoms with Gasteiger partial charge < -0.3 is 20.8 Å². The van der Waals surface area contributed by atoms with Gasteiger partial charge in [-0.2, -0.15) is 0 Å². The summed E-state index contributed by atoms with van der Waals surface area (Å²) in [6.45, 7) is 3.73. The van der Waals surface area contributed by atoms with Gasteiger partial charge in [0, 0.05) is 12.6 Å². The number of nitrogens with one attached hydrogen (secondary N) is 2. The second kappa shape index (κ2) is 6.75. The molecule has 4 N–H and O–H groups in total. The monoisotopic (exact) mass is 272 g/mol. The molecule has 0 aromatic carbocycles. The normalized spacial score (nSPS) is 26.3. The molecule has 2 amide bonds. The van der Waals surface area contributed by atoms with Gasteiger partial charge in [-0.1, -0.05) is 6.92 Å². The zero-order chi connectivity index (χ0) is 14.5. The van der Waals surface area contributed by atoms with Gasteiger partial charge in [0.05, 0.1) is 11.5 Å². The minimum atomic E-state index is -0.891. The Hall–Kier alpha value is -1.30. The molecule has 1 saturated carbocycles. The van der Waals surface area contributed by atoms with Crippen LogP contribution < -0.4 is 10.6 Å². The zero-order valence-electron chi connectivity index (χ0n) is 11.6. The summed E-state index contributed by atoms with van der Waals surface area (Å²) in [4.78, 5) is 22.4. The highest BCUT2D eigenvalue weighted by Gasteiger charge is 2.27. The molecule has 6 nitrogen and oxygen atoms in total. The third kappa shape index (κ3) is 5.46. The molecule has 0 heterocycles. The molecule has 0 aliphatic heterocycles. The maximum Gasteiger partial charge on any atom is 0.315 e. The fourth-order valence-electron chi connectivity index (χ4n) is 2.12. The van der Waals surface area contributed by atoms with E-state index in [0.717, 1.165) is 0 Å². The highest BCUT2D eigenvalue weighted by atomic mass is 16.4. The van der Waals surface area contributed by atoms with Gasteiger partial charge in [0.1, 0.15) is 0 Å². The molecule has 0 saturated heterocycles. The molecule has 1 unspecified atom stereocenters. The number of carbonyl (C=O) groups is 2. The minimum Gasteiger partial charge on any atom is -0.481 e. The van der Waals surface area contributed by atoms with Crippen molar-refractivity contribution in [3.8, 4) is 0 Å². The number of hydrogen-bond acceptors (Lipinski definition) is 3. The summed E-state index contributed by atoms with van der Waals surface area (Å²) in [6.07, 6.45) is 3.15. The van der Waals surface area contributed by atoms with E-state index in [2.05, 4.69) is 10.6 Å². The van der Waals surface area contributed by atoms with Crippen molar-refractivity contribution in [3.05, 3.63) is 0 Å². The van der Waals surface area contributed by atoms with Gasteiger partial charge in [-0.25, -0.2) is 4.79 Å². The van der Waals surface area contributed by atoms with Crippen LogP contribution in [-0.2, 0) is 4.79 Å². The van der Waals surface area contributed by atoms with Crippen LogP contribution in [0.15, 0.2) is 0 Å². The van der Waals surface area contributed by atoms with Crippen LogP contribution in [-0.4, -0.2) is 40.4 Å². The Morgan fingerprint density at radius 1 is 1.26 bits per heavy atom. The summed E-state index contributed by atoms with van der Waals surface area (Å²) in [5.41, 5.74) is -0.891. The lowest BCUT2D eigenvalue weighted by Gasteiger charge is -2.28. The molecule has 1 fully saturated rings. The summed E-state index contributed by atoms with van der Waals surface area (Å²) in [7, 11) is 0. The molecule has 1 aliphatic carbocycles. The number of aliphatic carboxylic acids is 1. The highest BCUT2D eigenvalue weighted by Crippen LogP contribution is 2.24. The Balaban J connectivity index is 2.25. The minimum absolute atomic E-state index is 0.0298. The Morgan fingerprint density at radius 2 is 1.84 bits per heavy atom. The highest BCUT2D eigenvalue weighted by molar-refractivity contribution is 5.74. The van der Waals surface area contributed by atoms with Gasteiger partial charge >= 0.3 is 12.0 Å². The fourth-order valence-corrected chi connectivity index (χ4v) is 2.12. The van der Waals surface area contributed by atoms with E-state index in [1.165, 1.54) is 0 Å². The summed E-state index contributed by atoms with van der Waals surface area (Å²) < 4.78 is 0. The van der Waals surface area contributed by atoms with E-state index in [9.17, 15) is 14.7 Å². The molecular weight excluding hydrogens is 248 g/mol. The van der Waals surface area contributed by atoms with Gasteiger partial charge in [0.25, 0.3) is 0 Å². The SMILES string of the molecule is CCC(C)(O)CNC(=O)NC1CCC(C(=O)O)CC1. The van der Waals surface area contributed by atoms with Crippen molar-refractivity contribution in [2.24, 2.45) is 5.92 Å². The van der Waals surface area contributed by atoms with Crippen molar-refractivity contribution in [1.82, 2.24) is 10.6 Å². The average Bonchev–Trinajstić information content (AvgIpc) is 2.37. The van der Waals surface area contributed by atoms with Gasteiger partial charge in [-0.05, 0) is 39.0 Å². The van der Waals surface area contributed by atoms with E-state index in [0.29, 0.717) is 32.1 Å². The Labute approximate surface area is 113 Å². The molecule has 0 aromatic heterocycles. The molecular formula is C13H24N2O4. The standard InChI is InChI=1S/C13H24N2O4/c1-3-13(2,19)8-14-12(18)15-10-6-4-9(5-7-10)11(16)17/h9-10,19H,3-8H2,1-2H3,(H,16,17)(H2,14,15,18). The molecule has 0 aromatic rings. The maximum atomic E-state index is 11.6. The van der Waals surface area contributed by atoms with Crippen LogP contribution in [0.3, 0.4) is 0 Å². The number of rotatable bonds is 5. The van der Waals surface area contributed by atoms with Gasteiger partial charge in [-0.15, -0.1) is 0 Å². The predicted molar refractivity (Wildman–Crippen MR) is 70.8 cm³/mol. The Kier molecular flexibility index (Phi) is 5.60. The summed E-state index contributed by atoms with van der Waals surface area (Å²) in [5.74, 6) is -1.02. The molecule has 0 radical (unpaired) electrons. The van der Waals surface area contributed by atoms with Crippen LogP contribution in [0.25, 0.3) is 0 Å². The van der Waals surface area contributed by atoms with E-state index in [4.69, 9.17) is 5.11 Å². The molecule has 0 spiro atoms. The third-order valence-corrected chi connectivity index (χ3v) is 3.80. The zero-order valence-corrected chi connectivity index (χ0v) is 11.6. The van der Waals surface area contributed by atoms with Crippen molar-refractivity contribution in [2.75, 3.05) is 6.54 Å². The number of hydrogen-bond donors (Lipinski definition) is 4. The molecule has 1 atom stereocenters. The van der Waals surface area contributed by atoms with Gasteiger partial charge in [-0.3, -0.25) is 4.79 Å². The molecule has 0 bridgehead atoms. The molecule has 110 valence electrons. The smallest absolute Gasteiger partial charge is 0.315 e. The third-order valence-electron chi connectivity index (χ3n) is 3.80. The van der Waals surface area contributed by atoms with Crippen LogP contribution in [0.2, 0.25) is 0 Å². The summed E-state index contributed by atoms with van der Waals surface area (Å²) >= 11 is 0. The van der Waals surface area contributed by atoms with Crippen molar-refractivity contribution in [3.63, 3.8) is 0 Å². The molecule has 1 rings (SSSR count). The summed E-state index contributed by atoms with van der Waals surface area (Å²) in [6, 6.07) is -0.269. The fraction of sp³-hybridized carbons (Fsp3) is 0.846. The number of amides is 2. The number of aliphatic hydroxyl groups is 1. The topological polar surface area (TPSA) is 98.7 Å². The lowest BCUT2D eigenvalue weighted by molar-refractivity contribution is -0.142. The van der Waals surface area contributed by atoms with E-state index < -0.39 is 11.6 Å². The van der Waals surface area contributed by atoms with E-state index in [1.807, 2.05) is 6.92 Å². The van der Waals surface area contributed by atoms with Crippen molar-refractivity contribution < 1.29 is 19.8 Å². The lowest BCUT2D eigenvalue weighted by atomic mass is 9.86. The lowest BCUT2D eigenvalue weighted by Crippen LogP contribution is -2.48. The van der Waals surface area contributed by atoms with Crippen LogP contribution in [0, 0.1) is 5.92 Å². The maximum absolute atomic E-state index is 11.6. The first-order valence-electron chi connectivity index (χ1n) is 6.83. The summed E-state index contributed by atoms with van der Waals surface area (Å²) in [5, 5.41) is 24.1. The first-order valence-corrected chi connectivity index (χ1v) is 6.83. The van der Waals surface area contributed by atoms with Crippen molar-refractivity contribution >= 4 is 12.0 Å². The Bertz CT molecular complexity index is 323. The molecule has 6 heteroatoms. The van der Waals surface area contributed by atoms with Crippen LogP contribution in [0.4, 0.5) is 4.79 Å². The van der Waals surface area contributed by atoms with Crippen LogP contribution in [0.5, 0.6) is 0 Å². The van der Waals surface area contributed by atoms with Crippen LogP contribution in [0.1, 0.15) is 46.0 Å². The number of carboxylic acids is 1. The quantitative estimate of drug-likeness (QED) is 0.602. The van der Waals surface area contributed by atoms with E-state index in [1.54, 1.807) is 6.92 Å². The number of carboxylic acid groups (broad SMARTS) is 1. The van der Waals surface area contributed by atoms with Gasteiger partial charge in [0.2, 0.25) is 0 Å². The van der Waals surface area contributed by atoms with Gasteiger partial charge in [0.15, 0.2) is 0 Å². The average molecular weight is 272 g/mol. The van der Waals surface area contributed by atoms with E-state index in [-0.39, 0.29) is 24.5 Å². The number of carbonyl (C=O) groups excluding carboxylic acids is 1. The predicted octanol–water partition coefficient (Wildman–Crippen LogP) is 1.09. The number of urea groups is 1. The van der Waals surface area contributed by atoms with Crippen molar-refractivity contribution in [1.29, 1.82) is 0 Å². The van der Waals surface area contributed by atoms with E-state index >= 15 is 0 Å². The first-order chi connectivity index (χ1) is 8.84. The second-order valence-corrected chi connectivity index (χ2v) is 5.56. The largest absolute Gasteiger partial charge is 0.481 e. The van der Waals surface area contributed by atoms with Crippen molar-refractivity contribution in [2.45, 2.75) is 57.6 Å². The molecule has 19 heavy (non-hydrogen) atoms. The first kappa shape index (κ1) is 15.8. The molecule has 1 aliphatic rings. The Morgan fingerprint density at radius 3 is 2.32 bits per heavy atom. The second-order valence-electron chi connectivity index (χ2n) is 5.56. The van der Waals surface area contributed by atoms with Crippen LogP contribution >= 0.6 is 0 Å².